The molecular weight excluding hydrogens is 427 g/mol. The quantitative estimate of drug-likeness (QED) is 0.528. The summed E-state index contributed by atoms with van der Waals surface area (Å²) in [5.41, 5.74) is 1.77. The van der Waals surface area contributed by atoms with E-state index in [0.717, 1.165) is 18.4 Å². The van der Waals surface area contributed by atoms with Crippen molar-refractivity contribution >= 4 is 21.6 Å². The molecule has 5 nitrogen and oxygen atoms in total. The number of hydrogen-bond donors (Lipinski definition) is 0. The highest BCUT2D eigenvalue weighted by Gasteiger charge is 2.31. The Morgan fingerprint density at radius 3 is 2.44 bits per heavy atom. The fourth-order valence-corrected chi connectivity index (χ4v) is 5.73. The molecule has 0 aliphatic carbocycles. The van der Waals surface area contributed by atoms with Gasteiger partial charge >= 0.3 is 0 Å². The average molecular weight is 453 g/mol. The van der Waals surface area contributed by atoms with Crippen molar-refractivity contribution in [3.8, 4) is 0 Å². The number of rotatable bonds is 6. The molecule has 0 aromatic heterocycles. The fourth-order valence-electron chi connectivity index (χ4n) is 4.21. The van der Waals surface area contributed by atoms with Crippen LogP contribution in [0.1, 0.15) is 41.7 Å². The molecule has 1 amide bonds. The van der Waals surface area contributed by atoms with Crippen LogP contribution in [0.5, 0.6) is 0 Å². The predicted molar refractivity (Wildman–Crippen MR) is 123 cm³/mol. The first-order valence-electron chi connectivity index (χ1n) is 10.7. The molecule has 32 heavy (non-hydrogen) atoms. The summed E-state index contributed by atoms with van der Waals surface area (Å²) in [6.07, 6.45) is 1.62. The smallest absolute Gasteiger partial charge is 0.264 e. The van der Waals surface area contributed by atoms with Gasteiger partial charge in [-0.15, -0.1) is 0 Å². The lowest BCUT2D eigenvalue weighted by Crippen LogP contribution is -2.32. The van der Waals surface area contributed by atoms with E-state index in [1.54, 1.807) is 60.4 Å². The van der Waals surface area contributed by atoms with Crippen LogP contribution in [0.4, 0.5) is 10.1 Å². The van der Waals surface area contributed by atoms with Crippen molar-refractivity contribution in [2.75, 3.05) is 17.4 Å². The number of halogens is 1. The van der Waals surface area contributed by atoms with Crippen molar-refractivity contribution in [3.05, 3.63) is 95.8 Å². The summed E-state index contributed by atoms with van der Waals surface area (Å²) < 4.78 is 41.3. The van der Waals surface area contributed by atoms with E-state index in [2.05, 4.69) is 0 Å². The summed E-state index contributed by atoms with van der Waals surface area (Å²) >= 11 is 0. The zero-order chi connectivity index (χ0) is 22.7. The van der Waals surface area contributed by atoms with Crippen LogP contribution in [0.3, 0.4) is 0 Å². The van der Waals surface area contributed by atoms with E-state index in [1.165, 1.54) is 28.6 Å². The third-order valence-electron chi connectivity index (χ3n) is 5.77. The van der Waals surface area contributed by atoms with E-state index in [1.807, 2.05) is 6.07 Å². The van der Waals surface area contributed by atoms with Crippen molar-refractivity contribution in [2.24, 2.45) is 0 Å². The van der Waals surface area contributed by atoms with E-state index >= 15 is 0 Å². The molecular formula is C25H25FN2O3S. The van der Waals surface area contributed by atoms with E-state index in [-0.39, 0.29) is 29.2 Å². The first-order valence-corrected chi connectivity index (χ1v) is 12.1. The van der Waals surface area contributed by atoms with Gasteiger partial charge in [0.2, 0.25) is 0 Å². The largest absolute Gasteiger partial charge is 0.332 e. The molecule has 1 aliphatic rings. The topological polar surface area (TPSA) is 57.7 Å². The second kappa shape index (κ2) is 9.12. The van der Waals surface area contributed by atoms with Gasteiger partial charge < -0.3 is 4.90 Å². The molecule has 7 heteroatoms. The fraction of sp³-hybridized carbons (Fsp3) is 0.240. The van der Waals surface area contributed by atoms with Crippen LogP contribution in [-0.2, 0) is 10.0 Å². The van der Waals surface area contributed by atoms with Gasteiger partial charge in [0.25, 0.3) is 15.9 Å². The van der Waals surface area contributed by atoms with Gasteiger partial charge in [-0.3, -0.25) is 9.10 Å². The maximum absolute atomic E-state index is 13.3. The van der Waals surface area contributed by atoms with E-state index < -0.39 is 10.0 Å². The third kappa shape index (κ3) is 4.25. The Labute approximate surface area is 188 Å². The molecule has 1 saturated heterocycles. The number of likely N-dealkylation sites (tertiary alicyclic amines) is 1. The van der Waals surface area contributed by atoms with Crippen LogP contribution in [0, 0.1) is 5.82 Å². The number of carbonyl (C=O) groups is 1. The summed E-state index contributed by atoms with van der Waals surface area (Å²) in [6.45, 7) is 2.61. The highest BCUT2D eigenvalue weighted by molar-refractivity contribution is 7.92. The zero-order valence-corrected chi connectivity index (χ0v) is 18.6. The maximum atomic E-state index is 13.3. The first kappa shape index (κ1) is 22.0. The highest BCUT2D eigenvalue weighted by Crippen LogP contribution is 2.33. The number of carbonyl (C=O) groups excluding carboxylic acids is 1. The molecule has 4 rings (SSSR count). The van der Waals surface area contributed by atoms with Gasteiger partial charge in [-0.25, -0.2) is 12.8 Å². The second-order valence-electron chi connectivity index (χ2n) is 7.74. The van der Waals surface area contributed by atoms with Crippen molar-refractivity contribution in [1.29, 1.82) is 0 Å². The zero-order valence-electron chi connectivity index (χ0n) is 17.8. The standard InChI is InChI=1S/C25H25FN2O3S/c1-2-28(22-9-4-3-5-10-22)32(30,31)23-11-6-8-20(18-23)25(29)27-17-7-12-24(27)19-13-15-21(26)16-14-19/h3-6,8-11,13-16,18,24H,2,7,12,17H2,1H3. The molecule has 0 spiro atoms. The van der Waals surface area contributed by atoms with Gasteiger partial charge in [-0.1, -0.05) is 36.4 Å². The van der Waals surface area contributed by atoms with Crippen molar-refractivity contribution in [2.45, 2.75) is 30.7 Å². The van der Waals surface area contributed by atoms with Gasteiger partial charge in [0, 0.05) is 18.7 Å². The minimum Gasteiger partial charge on any atom is -0.332 e. The molecule has 0 N–H and O–H groups in total. The van der Waals surface area contributed by atoms with E-state index in [9.17, 15) is 17.6 Å². The maximum Gasteiger partial charge on any atom is 0.264 e. The van der Waals surface area contributed by atoms with Crippen LogP contribution in [0.2, 0.25) is 0 Å². The first-order chi connectivity index (χ1) is 15.4. The van der Waals surface area contributed by atoms with E-state index in [0.29, 0.717) is 17.8 Å². The lowest BCUT2D eigenvalue weighted by atomic mass is 10.0. The number of anilines is 1. The summed E-state index contributed by atoms with van der Waals surface area (Å²) in [6, 6.07) is 21.1. The molecule has 3 aromatic carbocycles. The molecule has 0 bridgehead atoms. The number of amides is 1. The molecule has 1 heterocycles. The van der Waals surface area contributed by atoms with Crippen molar-refractivity contribution in [3.63, 3.8) is 0 Å². The number of nitrogens with zero attached hydrogens (tertiary/aromatic N) is 2. The molecule has 1 fully saturated rings. The van der Waals surface area contributed by atoms with Crippen molar-refractivity contribution in [1.82, 2.24) is 4.90 Å². The van der Waals surface area contributed by atoms with Gasteiger partial charge in [0.05, 0.1) is 16.6 Å². The summed E-state index contributed by atoms with van der Waals surface area (Å²) in [7, 11) is -3.83. The minimum atomic E-state index is -3.83. The van der Waals surface area contributed by atoms with Crippen LogP contribution in [-0.4, -0.2) is 32.3 Å². The molecule has 0 saturated carbocycles. The Morgan fingerprint density at radius 2 is 1.75 bits per heavy atom. The number of sulfonamides is 1. The Morgan fingerprint density at radius 1 is 1.03 bits per heavy atom. The lowest BCUT2D eigenvalue weighted by Gasteiger charge is -2.26. The third-order valence-corrected chi connectivity index (χ3v) is 7.67. The number of para-hydroxylation sites is 1. The SMILES string of the molecule is CCN(c1ccccc1)S(=O)(=O)c1cccc(C(=O)N2CCCC2c2ccc(F)cc2)c1. The predicted octanol–water partition coefficient (Wildman–Crippen LogP) is 5.02. The van der Waals surface area contributed by atoms with Gasteiger partial charge in [-0.2, -0.15) is 0 Å². The number of benzene rings is 3. The molecule has 1 unspecified atom stereocenters. The summed E-state index contributed by atoms with van der Waals surface area (Å²) in [4.78, 5) is 15.1. The minimum absolute atomic E-state index is 0.0755. The Bertz CT molecular complexity index is 1200. The summed E-state index contributed by atoms with van der Waals surface area (Å²) in [5.74, 6) is -0.543. The van der Waals surface area contributed by atoms with Gasteiger partial charge in [0.1, 0.15) is 5.82 Å². The number of hydrogen-bond acceptors (Lipinski definition) is 3. The molecule has 166 valence electrons. The van der Waals surface area contributed by atoms with E-state index in [4.69, 9.17) is 0 Å². The normalized spacial score (nSPS) is 16.2. The van der Waals surface area contributed by atoms with Gasteiger partial charge in [-0.05, 0) is 67.8 Å². The lowest BCUT2D eigenvalue weighted by molar-refractivity contribution is 0.0735. The van der Waals surface area contributed by atoms with Crippen LogP contribution in [0.15, 0.2) is 83.8 Å². The monoisotopic (exact) mass is 452 g/mol. The molecule has 3 aromatic rings. The second-order valence-corrected chi connectivity index (χ2v) is 9.60. The Hall–Kier alpha value is -3.19. The van der Waals surface area contributed by atoms with Gasteiger partial charge in [0.15, 0.2) is 0 Å². The molecule has 0 radical (unpaired) electrons. The molecule has 1 aliphatic heterocycles. The summed E-state index contributed by atoms with van der Waals surface area (Å²) in [5, 5.41) is 0. The average Bonchev–Trinajstić information content (AvgIpc) is 3.30. The Kier molecular flexibility index (Phi) is 6.28. The highest BCUT2D eigenvalue weighted by atomic mass is 32.2. The Balaban J connectivity index is 1.63. The van der Waals surface area contributed by atoms with Crippen molar-refractivity contribution < 1.29 is 17.6 Å². The molecule has 1 atom stereocenters. The van der Waals surface area contributed by atoms with Crippen LogP contribution < -0.4 is 4.31 Å². The van der Waals surface area contributed by atoms with Crippen LogP contribution >= 0.6 is 0 Å². The van der Waals surface area contributed by atoms with Crippen LogP contribution in [0.25, 0.3) is 0 Å².